The fraction of sp³-hybridized carbons (Fsp3) is 0.412. The van der Waals surface area contributed by atoms with Crippen molar-refractivity contribution in [1.82, 2.24) is 10.5 Å². The summed E-state index contributed by atoms with van der Waals surface area (Å²) in [5.74, 6) is 0.964. The number of rotatable bonds is 5. The molecule has 1 aromatic carbocycles. The first-order chi connectivity index (χ1) is 9.95. The van der Waals surface area contributed by atoms with Crippen LogP contribution in [0.15, 0.2) is 34.9 Å². The second-order valence-electron chi connectivity index (χ2n) is 5.95. The molecule has 1 amide bonds. The van der Waals surface area contributed by atoms with E-state index in [0.717, 1.165) is 17.5 Å². The zero-order valence-electron chi connectivity index (χ0n) is 13.0. The third kappa shape index (κ3) is 4.18. The zero-order chi connectivity index (χ0) is 15.4. The summed E-state index contributed by atoms with van der Waals surface area (Å²) in [6.45, 7) is 8.28. The molecular weight excluding hydrogens is 264 g/mol. The van der Waals surface area contributed by atoms with Gasteiger partial charge < -0.3 is 9.84 Å². The summed E-state index contributed by atoms with van der Waals surface area (Å²) in [4.78, 5) is 12.1. The average molecular weight is 286 g/mol. The Morgan fingerprint density at radius 1 is 1.29 bits per heavy atom. The Hall–Kier alpha value is -2.10. The molecule has 0 bridgehead atoms. The maximum absolute atomic E-state index is 12.1. The van der Waals surface area contributed by atoms with E-state index < -0.39 is 0 Å². The second kappa shape index (κ2) is 6.57. The molecule has 0 saturated carbocycles. The molecule has 1 heterocycles. The molecule has 0 fully saturated rings. The van der Waals surface area contributed by atoms with Crippen LogP contribution in [-0.2, 0) is 0 Å². The molecule has 2 rings (SSSR count). The van der Waals surface area contributed by atoms with Crippen molar-refractivity contribution in [2.45, 2.75) is 40.2 Å². The Bertz CT molecular complexity index is 617. The van der Waals surface area contributed by atoms with Crippen LogP contribution in [0.4, 0.5) is 0 Å². The molecule has 4 nitrogen and oxygen atoms in total. The van der Waals surface area contributed by atoms with E-state index >= 15 is 0 Å². The van der Waals surface area contributed by atoms with Crippen molar-refractivity contribution in [1.29, 1.82) is 0 Å². The number of benzene rings is 1. The minimum absolute atomic E-state index is 0.122. The Morgan fingerprint density at radius 2 is 2.05 bits per heavy atom. The minimum atomic E-state index is -0.189. The van der Waals surface area contributed by atoms with Crippen LogP contribution in [0, 0.1) is 12.8 Å². The van der Waals surface area contributed by atoms with E-state index in [1.54, 1.807) is 6.07 Å². The topological polar surface area (TPSA) is 55.1 Å². The van der Waals surface area contributed by atoms with Crippen molar-refractivity contribution in [3.8, 4) is 11.3 Å². The van der Waals surface area contributed by atoms with Crippen molar-refractivity contribution in [3.63, 3.8) is 0 Å². The smallest absolute Gasteiger partial charge is 0.273 e. The van der Waals surface area contributed by atoms with Gasteiger partial charge in [-0.05, 0) is 32.3 Å². The van der Waals surface area contributed by atoms with Crippen LogP contribution in [0.25, 0.3) is 11.3 Å². The lowest BCUT2D eigenvalue weighted by atomic mass is 10.1. The van der Waals surface area contributed by atoms with Gasteiger partial charge in [0, 0.05) is 17.7 Å². The number of carbonyl (C=O) groups is 1. The quantitative estimate of drug-likeness (QED) is 0.909. The van der Waals surface area contributed by atoms with Crippen molar-refractivity contribution >= 4 is 5.91 Å². The molecule has 0 radical (unpaired) electrons. The first kappa shape index (κ1) is 15.3. The molecule has 0 saturated heterocycles. The van der Waals surface area contributed by atoms with Gasteiger partial charge in [-0.15, -0.1) is 0 Å². The first-order valence-electron chi connectivity index (χ1n) is 7.30. The maximum Gasteiger partial charge on any atom is 0.273 e. The first-order valence-corrected chi connectivity index (χ1v) is 7.30. The van der Waals surface area contributed by atoms with E-state index in [1.807, 2.05) is 38.1 Å². The number of hydrogen-bond donors (Lipinski definition) is 1. The molecule has 21 heavy (non-hydrogen) atoms. The summed E-state index contributed by atoms with van der Waals surface area (Å²) in [6, 6.07) is 9.72. The van der Waals surface area contributed by atoms with Gasteiger partial charge in [0.15, 0.2) is 11.5 Å². The normalized spacial score (nSPS) is 12.4. The molecule has 0 aliphatic heterocycles. The number of carbonyl (C=O) groups excluding carboxylic acids is 1. The summed E-state index contributed by atoms with van der Waals surface area (Å²) >= 11 is 0. The molecular formula is C17H22N2O2. The van der Waals surface area contributed by atoms with Crippen molar-refractivity contribution in [3.05, 3.63) is 41.6 Å². The predicted molar refractivity (Wildman–Crippen MR) is 83.1 cm³/mol. The van der Waals surface area contributed by atoms with E-state index in [9.17, 15) is 4.79 Å². The van der Waals surface area contributed by atoms with Crippen LogP contribution in [0.5, 0.6) is 0 Å². The lowest BCUT2D eigenvalue weighted by Crippen LogP contribution is -2.33. The fourth-order valence-electron chi connectivity index (χ4n) is 2.38. The molecule has 0 aliphatic carbocycles. The van der Waals surface area contributed by atoms with E-state index in [0.29, 0.717) is 17.4 Å². The van der Waals surface area contributed by atoms with E-state index in [-0.39, 0.29) is 11.9 Å². The van der Waals surface area contributed by atoms with Crippen LogP contribution >= 0.6 is 0 Å². The van der Waals surface area contributed by atoms with Crippen molar-refractivity contribution in [2.24, 2.45) is 5.92 Å². The molecule has 112 valence electrons. The number of hydrogen-bond acceptors (Lipinski definition) is 3. The Balaban J connectivity index is 2.07. The minimum Gasteiger partial charge on any atom is -0.355 e. The third-order valence-corrected chi connectivity index (χ3v) is 3.25. The van der Waals surface area contributed by atoms with Crippen LogP contribution in [0.3, 0.4) is 0 Å². The number of aromatic nitrogens is 1. The highest BCUT2D eigenvalue weighted by molar-refractivity contribution is 5.93. The predicted octanol–water partition coefficient (Wildman–Crippen LogP) is 3.81. The Morgan fingerprint density at radius 3 is 2.71 bits per heavy atom. The molecule has 0 aliphatic rings. The largest absolute Gasteiger partial charge is 0.355 e. The standard InChI is InChI=1S/C17H22N2O2/c1-11(2)8-13(4)18-17(20)15-10-16(21-19-15)14-7-5-6-12(3)9-14/h5-7,9-11,13H,8H2,1-4H3,(H,18,20)/t13-/m1/s1. The van der Waals surface area contributed by atoms with Crippen LogP contribution in [-0.4, -0.2) is 17.1 Å². The summed E-state index contributed by atoms with van der Waals surface area (Å²) < 4.78 is 5.28. The van der Waals surface area contributed by atoms with Gasteiger partial charge in [-0.3, -0.25) is 4.79 Å². The van der Waals surface area contributed by atoms with Gasteiger partial charge in [0.25, 0.3) is 5.91 Å². The van der Waals surface area contributed by atoms with Crippen LogP contribution in [0.1, 0.15) is 43.2 Å². The lowest BCUT2D eigenvalue weighted by molar-refractivity contribution is 0.0927. The summed E-state index contributed by atoms with van der Waals surface area (Å²) in [5, 5.41) is 6.81. The Labute approximate surface area is 125 Å². The number of nitrogens with one attached hydrogen (secondary N) is 1. The summed E-state index contributed by atoms with van der Waals surface area (Å²) in [6.07, 6.45) is 0.939. The van der Waals surface area contributed by atoms with Gasteiger partial charge in [0.2, 0.25) is 0 Å². The molecule has 2 aromatic rings. The monoisotopic (exact) mass is 286 g/mol. The number of nitrogens with zero attached hydrogens (tertiary/aromatic N) is 1. The van der Waals surface area contributed by atoms with Crippen LogP contribution < -0.4 is 5.32 Å². The number of aryl methyl sites for hydroxylation is 1. The number of amides is 1. The van der Waals surface area contributed by atoms with Gasteiger partial charge in [0.05, 0.1) is 0 Å². The molecule has 0 spiro atoms. The highest BCUT2D eigenvalue weighted by Crippen LogP contribution is 2.21. The third-order valence-electron chi connectivity index (χ3n) is 3.25. The molecule has 1 aromatic heterocycles. The average Bonchev–Trinajstić information content (AvgIpc) is 2.87. The molecule has 0 unspecified atom stereocenters. The molecule has 4 heteroatoms. The highest BCUT2D eigenvalue weighted by atomic mass is 16.5. The summed E-state index contributed by atoms with van der Waals surface area (Å²) in [7, 11) is 0. The SMILES string of the molecule is Cc1cccc(-c2cc(C(=O)N[C@H](C)CC(C)C)no2)c1. The fourth-order valence-corrected chi connectivity index (χ4v) is 2.38. The van der Waals surface area contributed by atoms with Gasteiger partial charge in [-0.25, -0.2) is 0 Å². The second-order valence-corrected chi connectivity index (χ2v) is 5.95. The molecule has 1 atom stereocenters. The summed E-state index contributed by atoms with van der Waals surface area (Å²) in [5.41, 5.74) is 2.39. The maximum atomic E-state index is 12.1. The lowest BCUT2D eigenvalue weighted by Gasteiger charge is -2.14. The van der Waals surface area contributed by atoms with Crippen molar-refractivity contribution < 1.29 is 9.32 Å². The van der Waals surface area contributed by atoms with Crippen LogP contribution in [0.2, 0.25) is 0 Å². The highest BCUT2D eigenvalue weighted by Gasteiger charge is 2.16. The Kier molecular flexibility index (Phi) is 4.78. The molecule has 1 N–H and O–H groups in total. The van der Waals surface area contributed by atoms with E-state index in [4.69, 9.17) is 4.52 Å². The van der Waals surface area contributed by atoms with Crippen molar-refractivity contribution in [2.75, 3.05) is 0 Å². The van der Waals surface area contributed by atoms with Gasteiger partial charge in [-0.2, -0.15) is 0 Å². The van der Waals surface area contributed by atoms with E-state index in [1.165, 1.54) is 0 Å². The van der Waals surface area contributed by atoms with Gasteiger partial charge in [-0.1, -0.05) is 42.8 Å². The van der Waals surface area contributed by atoms with E-state index in [2.05, 4.69) is 24.3 Å². The zero-order valence-corrected chi connectivity index (χ0v) is 13.0. The van der Waals surface area contributed by atoms with Gasteiger partial charge >= 0.3 is 0 Å². The van der Waals surface area contributed by atoms with Gasteiger partial charge in [0.1, 0.15) is 0 Å².